The first-order valence-corrected chi connectivity index (χ1v) is 3.33. The Morgan fingerprint density at radius 1 is 1.56 bits per heavy atom. The van der Waals surface area contributed by atoms with Crippen LogP contribution in [0.5, 0.6) is 0 Å². The fourth-order valence-electron chi connectivity index (χ4n) is 1.16. The van der Waals surface area contributed by atoms with Crippen LogP contribution in [0.4, 0.5) is 0 Å². The van der Waals surface area contributed by atoms with Crippen LogP contribution in [0.25, 0.3) is 0 Å². The van der Waals surface area contributed by atoms with Gasteiger partial charge < -0.3 is 5.23 Å². The number of carbonyl (C=O) groups is 1. The Balaban J connectivity index is 2.39. The molecule has 0 heterocycles. The molecule has 1 atom stereocenters. The number of carbonyl (C=O) groups excluding carboxylic acids is 1. The van der Waals surface area contributed by atoms with E-state index in [0.717, 1.165) is 19.3 Å². The molecule has 1 rings (SSSR count). The fourth-order valence-corrected chi connectivity index (χ4v) is 1.16. The Kier molecular flexibility index (Phi) is 2.28. The van der Waals surface area contributed by atoms with Gasteiger partial charge in [0.1, 0.15) is 5.78 Å². The molecule has 1 aliphatic carbocycles. The van der Waals surface area contributed by atoms with Crippen molar-refractivity contribution in [2.75, 3.05) is 0 Å². The number of Topliss-reactive ketones (excluding diaryl/α,β-unsaturated/α-hetero) is 1. The van der Waals surface area contributed by atoms with Gasteiger partial charge in [0.2, 0.25) is 0 Å². The molecule has 1 saturated carbocycles. The summed E-state index contributed by atoms with van der Waals surface area (Å²) in [5, 5.41) is 2.50. The highest BCUT2D eigenvalue weighted by Gasteiger charge is 2.18. The first-order chi connectivity index (χ1) is 4.34. The molecular weight excluding hydrogens is 113 g/mol. The number of ketones is 1. The van der Waals surface area contributed by atoms with E-state index in [2.05, 4.69) is 5.23 Å². The lowest BCUT2D eigenvalue weighted by Gasteiger charge is -2.19. The largest absolute Gasteiger partial charge is 0.358 e. The molecule has 9 heavy (non-hydrogen) atoms. The lowest BCUT2D eigenvalue weighted by molar-refractivity contribution is -0.122. The third-order valence-corrected chi connectivity index (χ3v) is 1.76. The van der Waals surface area contributed by atoms with Gasteiger partial charge in [-0.1, -0.05) is 6.42 Å². The normalized spacial score (nSPS) is 28.4. The van der Waals surface area contributed by atoms with E-state index < -0.39 is 0 Å². The monoisotopic (exact) mass is 123 g/mol. The lowest BCUT2D eigenvalue weighted by Crippen LogP contribution is -2.37. The third kappa shape index (κ3) is 1.55. The minimum absolute atomic E-state index is 0.0567. The smallest absolute Gasteiger partial charge is 0.178 e. The predicted molar refractivity (Wildman–Crippen MR) is 36.2 cm³/mol. The molecule has 0 spiro atoms. The van der Waals surface area contributed by atoms with Crippen molar-refractivity contribution < 1.29 is 4.79 Å². The van der Waals surface area contributed by atoms with E-state index in [1.807, 2.05) is 0 Å². The summed E-state index contributed by atoms with van der Waals surface area (Å²) in [5.74, 6) is 0.267. The van der Waals surface area contributed by atoms with Gasteiger partial charge in [0.15, 0.2) is 7.98 Å². The second-order valence-electron chi connectivity index (χ2n) is 2.43. The average Bonchev–Trinajstić information content (AvgIpc) is 1.89. The average molecular weight is 123 g/mol. The van der Waals surface area contributed by atoms with Crippen molar-refractivity contribution in [3.63, 3.8) is 0 Å². The number of hydrogen-bond donors (Lipinski definition) is 1. The fraction of sp³-hybridized carbons (Fsp3) is 0.833. The maximum absolute atomic E-state index is 10.9. The van der Waals surface area contributed by atoms with Crippen LogP contribution in [0.2, 0.25) is 0 Å². The molecule has 2 nitrogen and oxygen atoms in total. The Morgan fingerprint density at radius 2 is 2.33 bits per heavy atom. The van der Waals surface area contributed by atoms with E-state index in [1.165, 1.54) is 0 Å². The third-order valence-electron chi connectivity index (χ3n) is 1.76. The summed E-state index contributed by atoms with van der Waals surface area (Å²) in [6.45, 7) is 0. The summed E-state index contributed by atoms with van der Waals surface area (Å²) >= 11 is 0. The Morgan fingerprint density at radius 3 is 2.78 bits per heavy atom. The summed E-state index contributed by atoms with van der Waals surface area (Å²) < 4.78 is 0. The van der Waals surface area contributed by atoms with Gasteiger partial charge in [-0.3, -0.25) is 4.79 Å². The lowest BCUT2D eigenvalue weighted by atomic mass is 9.93. The van der Waals surface area contributed by atoms with Crippen LogP contribution >= 0.6 is 0 Å². The molecule has 1 aliphatic rings. The molecule has 0 saturated heterocycles. The number of nitrogens with one attached hydrogen (secondary N) is 1. The highest BCUT2D eigenvalue weighted by molar-refractivity contribution is 6.07. The van der Waals surface area contributed by atoms with Gasteiger partial charge in [0.25, 0.3) is 0 Å². The molecule has 1 N–H and O–H groups in total. The van der Waals surface area contributed by atoms with Gasteiger partial charge in [-0.05, 0) is 12.8 Å². The molecule has 3 heteroatoms. The van der Waals surface area contributed by atoms with Crippen molar-refractivity contribution in [3.8, 4) is 0 Å². The minimum Gasteiger partial charge on any atom is -0.358 e. The van der Waals surface area contributed by atoms with E-state index in [0.29, 0.717) is 6.42 Å². The molecule has 0 aromatic carbocycles. The van der Waals surface area contributed by atoms with Crippen LogP contribution in [0.3, 0.4) is 0 Å². The molecule has 0 aromatic heterocycles. The highest BCUT2D eigenvalue weighted by Crippen LogP contribution is 2.13. The molecule has 1 unspecified atom stereocenters. The first kappa shape index (κ1) is 6.81. The maximum atomic E-state index is 10.9. The van der Waals surface area contributed by atoms with Gasteiger partial charge in [-0.25, -0.2) is 0 Å². The standard InChI is InChI=1S/C6H10BNO/c7-8-5-3-1-2-4-6(5)9/h5,8H,1-4H2. The second-order valence-corrected chi connectivity index (χ2v) is 2.43. The Labute approximate surface area is 56.4 Å². The summed E-state index contributed by atoms with van der Waals surface area (Å²) in [4.78, 5) is 10.9. The van der Waals surface area contributed by atoms with Crippen molar-refractivity contribution in [1.29, 1.82) is 0 Å². The molecule has 0 aliphatic heterocycles. The van der Waals surface area contributed by atoms with E-state index in [-0.39, 0.29) is 11.8 Å². The summed E-state index contributed by atoms with van der Waals surface area (Å²) in [7, 11) is 5.12. The minimum atomic E-state index is -0.0567. The molecule has 48 valence electrons. The second kappa shape index (κ2) is 3.02. The zero-order valence-corrected chi connectivity index (χ0v) is 5.39. The quantitative estimate of drug-likeness (QED) is 0.503. The Bertz CT molecular complexity index is 116. The first-order valence-electron chi connectivity index (χ1n) is 3.33. The summed E-state index contributed by atoms with van der Waals surface area (Å²) in [5.41, 5.74) is 0. The highest BCUT2D eigenvalue weighted by atomic mass is 16.1. The van der Waals surface area contributed by atoms with Gasteiger partial charge in [0.05, 0.1) is 6.04 Å². The number of hydrogen-bond acceptors (Lipinski definition) is 2. The van der Waals surface area contributed by atoms with Crippen LogP contribution in [-0.2, 0) is 4.79 Å². The van der Waals surface area contributed by atoms with Crippen LogP contribution < -0.4 is 5.23 Å². The van der Waals surface area contributed by atoms with E-state index in [4.69, 9.17) is 7.98 Å². The van der Waals surface area contributed by atoms with E-state index >= 15 is 0 Å². The van der Waals surface area contributed by atoms with Crippen LogP contribution in [0.15, 0.2) is 0 Å². The molecule has 0 aromatic rings. The molecule has 2 radical (unpaired) electrons. The summed E-state index contributed by atoms with van der Waals surface area (Å²) in [6, 6.07) is -0.0567. The number of rotatable bonds is 1. The van der Waals surface area contributed by atoms with Gasteiger partial charge in [0, 0.05) is 6.42 Å². The van der Waals surface area contributed by atoms with Crippen LogP contribution in [-0.4, -0.2) is 19.8 Å². The Hall–Kier alpha value is -0.305. The zero-order chi connectivity index (χ0) is 6.69. The van der Waals surface area contributed by atoms with Crippen molar-refractivity contribution in [2.24, 2.45) is 0 Å². The van der Waals surface area contributed by atoms with E-state index in [1.54, 1.807) is 0 Å². The molecule has 0 bridgehead atoms. The maximum Gasteiger partial charge on any atom is 0.178 e. The van der Waals surface area contributed by atoms with Crippen molar-refractivity contribution in [1.82, 2.24) is 5.23 Å². The van der Waals surface area contributed by atoms with E-state index in [9.17, 15) is 4.79 Å². The van der Waals surface area contributed by atoms with Gasteiger partial charge >= 0.3 is 0 Å². The van der Waals surface area contributed by atoms with Crippen molar-refractivity contribution in [2.45, 2.75) is 31.7 Å². The molecular formula is C6H10BNO. The predicted octanol–water partition coefficient (Wildman–Crippen LogP) is 0.171. The topological polar surface area (TPSA) is 29.1 Å². The molecule has 0 amide bonds. The van der Waals surface area contributed by atoms with Crippen LogP contribution in [0.1, 0.15) is 25.7 Å². The summed E-state index contributed by atoms with van der Waals surface area (Å²) in [6.07, 6.45) is 3.78. The van der Waals surface area contributed by atoms with Crippen molar-refractivity contribution >= 4 is 13.8 Å². The zero-order valence-electron chi connectivity index (χ0n) is 5.39. The van der Waals surface area contributed by atoms with Gasteiger partial charge in [-0.2, -0.15) is 0 Å². The van der Waals surface area contributed by atoms with Crippen molar-refractivity contribution in [3.05, 3.63) is 0 Å². The van der Waals surface area contributed by atoms with Gasteiger partial charge in [-0.15, -0.1) is 0 Å². The SMILES string of the molecule is [B]NC1CCCCC1=O. The van der Waals surface area contributed by atoms with Crippen LogP contribution in [0, 0.1) is 0 Å². The molecule has 1 fully saturated rings.